The Balaban J connectivity index is 1.83. The Morgan fingerprint density at radius 2 is 1.90 bits per heavy atom. The van der Waals surface area contributed by atoms with E-state index in [9.17, 15) is 4.79 Å². The number of hydrogen-bond acceptors (Lipinski definition) is 2. The molecule has 116 valence electrons. The molecule has 0 bridgehead atoms. The van der Waals surface area contributed by atoms with E-state index in [1.54, 1.807) is 0 Å². The maximum absolute atomic E-state index is 12.2. The van der Waals surface area contributed by atoms with Gasteiger partial charge in [0.25, 0.3) is 0 Å². The molecule has 0 spiro atoms. The fourth-order valence-electron chi connectivity index (χ4n) is 3.89. The first-order valence-electron chi connectivity index (χ1n) is 8.59. The Hall–Kier alpha value is -0.570. The zero-order valence-electron chi connectivity index (χ0n) is 13.5. The summed E-state index contributed by atoms with van der Waals surface area (Å²) in [6.07, 6.45) is 7.57. The average molecular weight is 282 g/mol. The predicted octanol–water partition coefficient (Wildman–Crippen LogP) is 2.06. The van der Waals surface area contributed by atoms with Crippen LogP contribution in [-0.2, 0) is 9.53 Å². The Kier molecular flexibility index (Phi) is 5.88. The third kappa shape index (κ3) is 4.47. The summed E-state index contributed by atoms with van der Waals surface area (Å²) in [6.45, 7) is 9.67. The molecule has 3 nitrogen and oxygen atoms in total. The van der Waals surface area contributed by atoms with E-state index in [1.165, 1.54) is 37.0 Å². The lowest BCUT2D eigenvalue weighted by atomic mass is 9.75. The standard InChI is InChI=1S/C17H31NO2/c1-13(2)15-8-7-14(3)11-16(15)20-17(19)12-18-9-5-4-6-10-18/h13-16H,4-12H2,1-3H3/p+1/t14-,15-,16+/m0/s1. The van der Waals surface area contributed by atoms with Crippen molar-refractivity contribution in [3.8, 4) is 0 Å². The largest absolute Gasteiger partial charge is 0.458 e. The first kappa shape index (κ1) is 15.8. The first-order chi connectivity index (χ1) is 9.56. The molecule has 1 saturated carbocycles. The molecule has 3 heteroatoms. The van der Waals surface area contributed by atoms with Gasteiger partial charge in [-0.25, -0.2) is 4.79 Å². The highest BCUT2D eigenvalue weighted by Gasteiger charge is 2.34. The van der Waals surface area contributed by atoms with Crippen molar-refractivity contribution in [2.24, 2.45) is 17.8 Å². The summed E-state index contributed by atoms with van der Waals surface area (Å²) in [6, 6.07) is 0. The molecule has 0 amide bonds. The minimum Gasteiger partial charge on any atom is -0.458 e. The molecule has 1 N–H and O–H groups in total. The van der Waals surface area contributed by atoms with Gasteiger partial charge >= 0.3 is 5.97 Å². The van der Waals surface area contributed by atoms with Gasteiger partial charge in [-0.05, 0) is 49.9 Å². The van der Waals surface area contributed by atoms with Crippen LogP contribution in [0.4, 0.5) is 0 Å². The number of ether oxygens (including phenoxy) is 1. The molecule has 0 unspecified atom stereocenters. The van der Waals surface area contributed by atoms with Crippen molar-refractivity contribution >= 4 is 5.97 Å². The van der Waals surface area contributed by atoms with E-state index in [-0.39, 0.29) is 12.1 Å². The lowest BCUT2D eigenvalue weighted by Gasteiger charge is -2.36. The van der Waals surface area contributed by atoms with E-state index >= 15 is 0 Å². The van der Waals surface area contributed by atoms with Gasteiger partial charge in [0.15, 0.2) is 6.54 Å². The molecular weight excluding hydrogens is 250 g/mol. The van der Waals surface area contributed by atoms with E-state index in [1.807, 2.05) is 0 Å². The van der Waals surface area contributed by atoms with Crippen LogP contribution < -0.4 is 4.90 Å². The lowest BCUT2D eigenvalue weighted by Crippen LogP contribution is -3.13. The number of piperidine rings is 1. The fraction of sp³-hybridized carbons (Fsp3) is 0.941. The Morgan fingerprint density at radius 3 is 2.55 bits per heavy atom. The molecule has 0 aromatic rings. The molecule has 0 radical (unpaired) electrons. The molecule has 0 aromatic heterocycles. The number of esters is 1. The van der Waals surface area contributed by atoms with E-state index < -0.39 is 0 Å². The van der Waals surface area contributed by atoms with Gasteiger partial charge in [0.1, 0.15) is 6.10 Å². The molecule has 0 aromatic carbocycles. The SMILES string of the molecule is CC(C)[C@@H]1CC[C@H](C)C[C@H]1OC(=O)C[NH+]1CCCCC1. The van der Waals surface area contributed by atoms with E-state index in [0.717, 1.165) is 19.5 Å². The maximum atomic E-state index is 12.2. The van der Waals surface area contributed by atoms with Crippen molar-refractivity contribution in [2.75, 3.05) is 19.6 Å². The Bertz CT molecular complexity index is 310. The summed E-state index contributed by atoms with van der Waals surface area (Å²) in [5.74, 6) is 1.91. The van der Waals surface area contributed by atoms with Crippen LogP contribution in [0.2, 0.25) is 0 Å². The van der Waals surface area contributed by atoms with E-state index in [0.29, 0.717) is 24.3 Å². The predicted molar refractivity (Wildman–Crippen MR) is 80.6 cm³/mol. The molecule has 1 aliphatic heterocycles. The zero-order valence-corrected chi connectivity index (χ0v) is 13.5. The maximum Gasteiger partial charge on any atom is 0.361 e. The number of rotatable bonds is 4. The third-order valence-corrected chi connectivity index (χ3v) is 5.20. The van der Waals surface area contributed by atoms with Gasteiger partial charge < -0.3 is 9.64 Å². The van der Waals surface area contributed by atoms with Crippen molar-refractivity contribution in [3.63, 3.8) is 0 Å². The number of carbonyl (C=O) groups is 1. The number of nitrogens with one attached hydrogen (secondary N) is 1. The molecule has 20 heavy (non-hydrogen) atoms. The van der Waals surface area contributed by atoms with E-state index in [4.69, 9.17) is 4.74 Å². The molecule has 1 aliphatic carbocycles. The highest BCUT2D eigenvalue weighted by molar-refractivity contribution is 5.70. The van der Waals surface area contributed by atoms with Gasteiger partial charge in [0, 0.05) is 0 Å². The number of carbonyl (C=O) groups excluding carboxylic acids is 1. The monoisotopic (exact) mass is 282 g/mol. The number of likely N-dealkylation sites (tertiary alicyclic amines) is 1. The van der Waals surface area contributed by atoms with Gasteiger partial charge in [-0.3, -0.25) is 0 Å². The Morgan fingerprint density at radius 1 is 1.20 bits per heavy atom. The van der Waals surface area contributed by atoms with Crippen LogP contribution in [0.25, 0.3) is 0 Å². The molecule has 2 fully saturated rings. The van der Waals surface area contributed by atoms with Crippen LogP contribution in [0, 0.1) is 17.8 Å². The quantitative estimate of drug-likeness (QED) is 0.800. The van der Waals surface area contributed by atoms with Gasteiger partial charge in [-0.2, -0.15) is 0 Å². The molecule has 1 heterocycles. The summed E-state index contributed by atoms with van der Waals surface area (Å²) in [5, 5.41) is 0. The minimum absolute atomic E-state index is 0.0339. The van der Waals surface area contributed by atoms with Crippen LogP contribution in [0.3, 0.4) is 0 Å². The normalized spacial score (nSPS) is 32.3. The van der Waals surface area contributed by atoms with Gasteiger partial charge in [0.2, 0.25) is 0 Å². The van der Waals surface area contributed by atoms with Gasteiger partial charge in [-0.15, -0.1) is 0 Å². The molecule has 1 saturated heterocycles. The van der Waals surface area contributed by atoms with Crippen LogP contribution in [0.15, 0.2) is 0 Å². The lowest BCUT2D eigenvalue weighted by molar-refractivity contribution is -0.897. The summed E-state index contributed by atoms with van der Waals surface area (Å²) in [5.41, 5.74) is 0. The molecule has 2 aliphatic rings. The smallest absolute Gasteiger partial charge is 0.361 e. The molecule has 3 atom stereocenters. The summed E-state index contributed by atoms with van der Waals surface area (Å²) >= 11 is 0. The number of quaternary nitrogens is 1. The van der Waals surface area contributed by atoms with Crippen molar-refractivity contribution in [1.82, 2.24) is 0 Å². The van der Waals surface area contributed by atoms with Crippen molar-refractivity contribution in [1.29, 1.82) is 0 Å². The fourth-order valence-corrected chi connectivity index (χ4v) is 3.89. The van der Waals surface area contributed by atoms with Crippen LogP contribution in [0.5, 0.6) is 0 Å². The summed E-state index contributed by atoms with van der Waals surface area (Å²) < 4.78 is 5.88. The van der Waals surface area contributed by atoms with Crippen molar-refractivity contribution in [2.45, 2.75) is 65.4 Å². The van der Waals surface area contributed by atoms with Crippen LogP contribution in [0.1, 0.15) is 59.3 Å². The topological polar surface area (TPSA) is 30.7 Å². The number of hydrogen-bond donors (Lipinski definition) is 1. The van der Waals surface area contributed by atoms with Crippen LogP contribution >= 0.6 is 0 Å². The van der Waals surface area contributed by atoms with Crippen LogP contribution in [-0.4, -0.2) is 31.7 Å². The van der Waals surface area contributed by atoms with Crippen molar-refractivity contribution in [3.05, 3.63) is 0 Å². The highest BCUT2D eigenvalue weighted by Crippen LogP contribution is 2.35. The second-order valence-corrected chi connectivity index (χ2v) is 7.34. The van der Waals surface area contributed by atoms with Crippen molar-refractivity contribution < 1.29 is 14.4 Å². The average Bonchev–Trinajstić information content (AvgIpc) is 2.39. The highest BCUT2D eigenvalue weighted by atomic mass is 16.5. The summed E-state index contributed by atoms with van der Waals surface area (Å²) in [4.78, 5) is 13.6. The first-order valence-corrected chi connectivity index (χ1v) is 8.59. The second kappa shape index (κ2) is 7.44. The molecular formula is C17H32NO2+. The summed E-state index contributed by atoms with van der Waals surface area (Å²) in [7, 11) is 0. The second-order valence-electron chi connectivity index (χ2n) is 7.34. The van der Waals surface area contributed by atoms with E-state index in [2.05, 4.69) is 20.8 Å². The third-order valence-electron chi connectivity index (χ3n) is 5.20. The zero-order chi connectivity index (χ0) is 14.5. The molecule has 2 rings (SSSR count). The Labute approximate surface area is 124 Å². The minimum atomic E-state index is 0.0339. The van der Waals surface area contributed by atoms with Gasteiger partial charge in [-0.1, -0.05) is 27.2 Å². The van der Waals surface area contributed by atoms with Gasteiger partial charge in [0.05, 0.1) is 13.1 Å².